The zero-order chi connectivity index (χ0) is 13.3. The van der Waals surface area contributed by atoms with Gasteiger partial charge in [-0.3, -0.25) is 4.90 Å². The Bertz CT molecular complexity index is 458. The average Bonchev–Trinajstić information content (AvgIpc) is 2.66. The molecule has 1 aliphatic heterocycles. The number of urea groups is 1. The molecule has 1 unspecified atom stereocenters. The number of nitrogens with two attached hydrogens (primary N) is 1. The van der Waals surface area contributed by atoms with Crippen molar-refractivity contribution in [3.63, 3.8) is 0 Å². The average molecular weight is 247 g/mol. The van der Waals surface area contributed by atoms with Crippen molar-refractivity contribution in [1.82, 2.24) is 4.90 Å². The third-order valence-electron chi connectivity index (χ3n) is 3.72. The molecule has 4 heteroatoms. The van der Waals surface area contributed by atoms with E-state index in [1.165, 1.54) is 5.56 Å². The molecule has 1 aromatic rings. The van der Waals surface area contributed by atoms with Crippen molar-refractivity contribution in [2.75, 3.05) is 25.0 Å². The maximum absolute atomic E-state index is 12.3. The van der Waals surface area contributed by atoms with Crippen molar-refractivity contribution in [1.29, 1.82) is 0 Å². The molecule has 1 saturated heterocycles. The Hall–Kier alpha value is -1.55. The van der Waals surface area contributed by atoms with E-state index in [2.05, 4.69) is 26.0 Å². The van der Waals surface area contributed by atoms with Gasteiger partial charge >= 0.3 is 6.03 Å². The molecular formula is C14H21N3O. The second-order valence-corrected chi connectivity index (χ2v) is 4.83. The Morgan fingerprint density at radius 3 is 2.72 bits per heavy atom. The van der Waals surface area contributed by atoms with Crippen LogP contribution in [0.15, 0.2) is 18.2 Å². The highest BCUT2D eigenvalue weighted by molar-refractivity contribution is 5.96. The smallest absolute Gasteiger partial charge is 0.324 e. The lowest BCUT2D eigenvalue weighted by molar-refractivity contribution is 0.219. The first-order valence-corrected chi connectivity index (χ1v) is 6.43. The summed E-state index contributed by atoms with van der Waals surface area (Å²) in [6, 6.07) is 6.35. The Labute approximate surface area is 108 Å². The summed E-state index contributed by atoms with van der Waals surface area (Å²) in [5.41, 5.74) is 9.14. The molecule has 1 atom stereocenters. The maximum Gasteiger partial charge on any atom is 0.324 e. The number of amides is 2. The number of anilines is 1. The summed E-state index contributed by atoms with van der Waals surface area (Å²) in [5, 5.41) is 0. The summed E-state index contributed by atoms with van der Waals surface area (Å²) < 4.78 is 0. The SMILES string of the molecule is CCc1cccc(C)c1N1CC(CN)N(C)C1=O. The number of aryl methyl sites for hydroxylation is 2. The van der Waals surface area contributed by atoms with Gasteiger partial charge in [0.1, 0.15) is 0 Å². The van der Waals surface area contributed by atoms with Crippen LogP contribution in [0.4, 0.5) is 10.5 Å². The zero-order valence-corrected chi connectivity index (χ0v) is 11.3. The molecule has 1 fully saturated rings. The van der Waals surface area contributed by atoms with Crippen LogP contribution >= 0.6 is 0 Å². The van der Waals surface area contributed by atoms with E-state index in [1.807, 2.05) is 18.0 Å². The molecule has 0 aromatic heterocycles. The first kappa shape index (κ1) is 12.9. The van der Waals surface area contributed by atoms with Crippen molar-refractivity contribution < 1.29 is 4.79 Å². The van der Waals surface area contributed by atoms with Crippen molar-refractivity contribution in [2.45, 2.75) is 26.3 Å². The summed E-state index contributed by atoms with van der Waals surface area (Å²) >= 11 is 0. The quantitative estimate of drug-likeness (QED) is 0.884. The highest BCUT2D eigenvalue weighted by Crippen LogP contribution is 2.30. The molecule has 2 rings (SSSR count). The van der Waals surface area contributed by atoms with Gasteiger partial charge in [-0.25, -0.2) is 4.79 Å². The van der Waals surface area contributed by atoms with Gasteiger partial charge < -0.3 is 10.6 Å². The number of para-hydroxylation sites is 1. The summed E-state index contributed by atoms with van der Waals surface area (Å²) in [6.07, 6.45) is 0.928. The van der Waals surface area contributed by atoms with Crippen molar-refractivity contribution in [3.05, 3.63) is 29.3 Å². The third kappa shape index (κ3) is 1.97. The number of rotatable bonds is 3. The van der Waals surface area contributed by atoms with Crippen molar-refractivity contribution in [3.8, 4) is 0 Å². The molecule has 4 nitrogen and oxygen atoms in total. The largest absolute Gasteiger partial charge is 0.328 e. The fourth-order valence-corrected chi connectivity index (χ4v) is 2.57. The lowest BCUT2D eigenvalue weighted by Gasteiger charge is -2.21. The van der Waals surface area contributed by atoms with E-state index < -0.39 is 0 Å². The molecular weight excluding hydrogens is 226 g/mol. The minimum Gasteiger partial charge on any atom is -0.328 e. The van der Waals surface area contributed by atoms with E-state index in [0.717, 1.165) is 17.7 Å². The zero-order valence-electron chi connectivity index (χ0n) is 11.3. The second-order valence-electron chi connectivity index (χ2n) is 4.83. The maximum atomic E-state index is 12.3. The molecule has 0 radical (unpaired) electrons. The standard InChI is InChI=1S/C14H21N3O/c1-4-11-7-5-6-10(2)13(11)17-9-12(8-15)16(3)14(17)18/h5-7,12H,4,8-9,15H2,1-3H3. The van der Waals surface area contributed by atoms with E-state index in [-0.39, 0.29) is 12.1 Å². The van der Waals surface area contributed by atoms with Crippen molar-refractivity contribution >= 4 is 11.7 Å². The molecule has 0 aliphatic carbocycles. The Balaban J connectivity index is 2.41. The Kier molecular flexibility index (Phi) is 3.57. The Morgan fingerprint density at radius 1 is 1.44 bits per heavy atom. The highest BCUT2D eigenvalue weighted by atomic mass is 16.2. The molecule has 2 amide bonds. The van der Waals surface area contributed by atoms with E-state index in [4.69, 9.17) is 5.73 Å². The first-order chi connectivity index (χ1) is 8.60. The number of carbonyl (C=O) groups excluding carboxylic acids is 1. The van der Waals surface area contributed by atoms with Crippen LogP contribution in [-0.2, 0) is 6.42 Å². The first-order valence-electron chi connectivity index (χ1n) is 6.43. The van der Waals surface area contributed by atoms with Gasteiger partial charge in [0, 0.05) is 20.1 Å². The number of benzene rings is 1. The molecule has 0 spiro atoms. The van der Waals surface area contributed by atoms with E-state index in [0.29, 0.717) is 13.1 Å². The van der Waals surface area contributed by atoms with Gasteiger partial charge in [-0.05, 0) is 24.5 Å². The number of hydrogen-bond donors (Lipinski definition) is 1. The number of hydrogen-bond acceptors (Lipinski definition) is 2. The van der Waals surface area contributed by atoms with Crippen LogP contribution in [0.2, 0.25) is 0 Å². The van der Waals surface area contributed by atoms with Crippen molar-refractivity contribution in [2.24, 2.45) is 5.73 Å². The van der Waals surface area contributed by atoms with E-state index >= 15 is 0 Å². The molecule has 2 N–H and O–H groups in total. The van der Waals surface area contributed by atoms with Gasteiger partial charge in [0.2, 0.25) is 0 Å². The minimum atomic E-state index is 0.0504. The fourth-order valence-electron chi connectivity index (χ4n) is 2.57. The second kappa shape index (κ2) is 4.98. The molecule has 18 heavy (non-hydrogen) atoms. The molecule has 98 valence electrons. The van der Waals surface area contributed by atoms with Gasteiger partial charge in [-0.15, -0.1) is 0 Å². The van der Waals surface area contributed by atoms with Crippen LogP contribution in [0, 0.1) is 6.92 Å². The van der Waals surface area contributed by atoms with Crippen LogP contribution in [0.5, 0.6) is 0 Å². The highest BCUT2D eigenvalue weighted by Gasteiger charge is 2.35. The van der Waals surface area contributed by atoms with Crippen LogP contribution in [0.25, 0.3) is 0 Å². The number of nitrogens with zero attached hydrogens (tertiary/aromatic N) is 2. The van der Waals surface area contributed by atoms with Gasteiger partial charge in [0.05, 0.1) is 11.7 Å². The van der Waals surface area contributed by atoms with Gasteiger partial charge in [0.15, 0.2) is 0 Å². The predicted molar refractivity (Wildman–Crippen MR) is 73.9 cm³/mol. The normalized spacial score (nSPS) is 19.8. The van der Waals surface area contributed by atoms with E-state index in [9.17, 15) is 4.79 Å². The fraction of sp³-hybridized carbons (Fsp3) is 0.500. The van der Waals surface area contributed by atoms with E-state index in [1.54, 1.807) is 4.90 Å². The molecule has 1 aromatic carbocycles. The lowest BCUT2D eigenvalue weighted by atomic mass is 10.0. The summed E-state index contributed by atoms with van der Waals surface area (Å²) in [7, 11) is 1.82. The van der Waals surface area contributed by atoms with Gasteiger partial charge in [0.25, 0.3) is 0 Å². The van der Waals surface area contributed by atoms with Gasteiger partial charge in [-0.1, -0.05) is 25.1 Å². The van der Waals surface area contributed by atoms with Crippen LogP contribution < -0.4 is 10.6 Å². The minimum absolute atomic E-state index is 0.0504. The third-order valence-corrected chi connectivity index (χ3v) is 3.72. The molecule has 1 aliphatic rings. The number of likely N-dealkylation sites (N-methyl/N-ethyl adjacent to an activating group) is 1. The molecule has 1 heterocycles. The topological polar surface area (TPSA) is 49.6 Å². The summed E-state index contributed by atoms with van der Waals surface area (Å²) in [4.78, 5) is 15.9. The summed E-state index contributed by atoms with van der Waals surface area (Å²) in [6.45, 7) is 5.36. The lowest BCUT2D eigenvalue weighted by Crippen LogP contribution is -2.35. The van der Waals surface area contributed by atoms with Gasteiger partial charge in [-0.2, -0.15) is 0 Å². The monoisotopic (exact) mass is 247 g/mol. The van der Waals surface area contributed by atoms with Crippen LogP contribution in [0.1, 0.15) is 18.1 Å². The summed E-state index contributed by atoms with van der Waals surface area (Å²) in [5.74, 6) is 0. The Morgan fingerprint density at radius 2 is 2.17 bits per heavy atom. The predicted octanol–water partition coefficient (Wildman–Crippen LogP) is 1.76. The molecule has 0 saturated carbocycles. The number of carbonyl (C=O) groups is 1. The van der Waals surface area contributed by atoms with Crippen LogP contribution in [0.3, 0.4) is 0 Å². The van der Waals surface area contributed by atoms with Crippen LogP contribution in [-0.4, -0.2) is 37.1 Å². The molecule has 0 bridgehead atoms.